The third-order valence-corrected chi connectivity index (χ3v) is 4.74. The van der Waals surface area contributed by atoms with Crippen LogP contribution in [0.5, 0.6) is 0 Å². The maximum absolute atomic E-state index is 11.2. The van der Waals surface area contributed by atoms with Gasteiger partial charge >= 0.3 is 0 Å². The number of unbranched alkanes of at least 4 members (excludes halogenated alkanes) is 9. The molecule has 3 heteroatoms. The minimum atomic E-state index is -0.109. The number of nitrogens with zero attached hydrogens (tertiary/aromatic N) is 1. The van der Waals surface area contributed by atoms with Gasteiger partial charge < -0.3 is 10.6 Å². The van der Waals surface area contributed by atoms with Crippen molar-refractivity contribution in [3.05, 3.63) is 0 Å². The third-order valence-electron chi connectivity index (χ3n) is 4.74. The fourth-order valence-corrected chi connectivity index (χ4v) is 3.31. The first-order valence-corrected chi connectivity index (χ1v) is 9.25. The standard InChI is InChI=1S/C18H36N2O/c1-2-3-4-5-6-7-8-9-10-11-14-20-15-12-13-17(16-20)18(19)21/h17H,2-16H2,1H3,(H2,19,21)/t17-/m0/s1. The molecular weight excluding hydrogens is 260 g/mol. The molecule has 0 aliphatic carbocycles. The van der Waals surface area contributed by atoms with Crippen LogP contribution in [0.25, 0.3) is 0 Å². The molecule has 0 radical (unpaired) electrons. The monoisotopic (exact) mass is 296 g/mol. The van der Waals surface area contributed by atoms with E-state index in [0.29, 0.717) is 0 Å². The number of nitrogens with two attached hydrogens (primary N) is 1. The summed E-state index contributed by atoms with van der Waals surface area (Å²) in [5.74, 6) is -0.00959. The number of primary amides is 1. The normalized spacial score (nSPS) is 19.8. The minimum absolute atomic E-state index is 0.0990. The molecule has 0 unspecified atom stereocenters. The number of hydrogen-bond donors (Lipinski definition) is 1. The van der Waals surface area contributed by atoms with Gasteiger partial charge in [-0.25, -0.2) is 0 Å². The van der Waals surface area contributed by atoms with E-state index in [1.807, 2.05) is 0 Å². The van der Waals surface area contributed by atoms with E-state index in [1.165, 1.54) is 64.2 Å². The van der Waals surface area contributed by atoms with Gasteiger partial charge in [0.05, 0.1) is 5.92 Å². The Balaban J connectivity index is 1.89. The molecule has 0 bridgehead atoms. The second-order valence-corrected chi connectivity index (χ2v) is 6.72. The van der Waals surface area contributed by atoms with Crippen LogP contribution in [-0.2, 0) is 4.79 Å². The molecule has 0 saturated carbocycles. The van der Waals surface area contributed by atoms with E-state index >= 15 is 0 Å². The molecule has 0 aromatic rings. The molecule has 0 aromatic carbocycles. The maximum atomic E-state index is 11.2. The van der Waals surface area contributed by atoms with E-state index in [1.54, 1.807) is 0 Å². The fourth-order valence-electron chi connectivity index (χ4n) is 3.31. The molecular formula is C18H36N2O. The lowest BCUT2D eigenvalue weighted by Gasteiger charge is -2.31. The van der Waals surface area contributed by atoms with Crippen LogP contribution in [0.3, 0.4) is 0 Å². The largest absolute Gasteiger partial charge is 0.369 e. The van der Waals surface area contributed by atoms with E-state index in [4.69, 9.17) is 5.73 Å². The van der Waals surface area contributed by atoms with Crippen LogP contribution >= 0.6 is 0 Å². The highest BCUT2D eigenvalue weighted by Gasteiger charge is 2.23. The summed E-state index contributed by atoms with van der Waals surface area (Å²) in [6.45, 7) is 5.47. The highest BCUT2D eigenvalue weighted by Crippen LogP contribution is 2.17. The molecule has 1 aliphatic heterocycles. The number of piperidine rings is 1. The van der Waals surface area contributed by atoms with E-state index < -0.39 is 0 Å². The van der Waals surface area contributed by atoms with Crippen molar-refractivity contribution in [2.75, 3.05) is 19.6 Å². The van der Waals surface area contributed by atoms with Crippen molar-refractivity contribution in [2.45, 2.75) is 84.0 Å². The topological polar surface area (TPSA) is 46.3 Å². The summed E-state index contributed by atoms with van der Waals surface area (Å²) in [5, 5.41) is 0. The van der Waals surface area contributed by atoms with Crippen molar-refractivity contribution in [3.63, 3.8) is 0 Å². The molecule has 1 amide bonds. The molecule has 0 aromatic heterocycles. The van der Waals surface area contributed by atoms with Gasteiger partial charge in [0, 0.05) is 6.54 Å². The molecule has 1 heterocycles. The van der Waals surface area contributed by atoms with Crippen molar-refractivity contribution in [1.82, 2.24) is 4.90 Å². The molecule has 1 saturated heterocycles. The van der Waals surface area contributed by atoms with Crippen LogP contribution in [0, 0.1) is 5.92 Å². The molecule has 2 N–H and O–H groups in total. The van der Waals surface area contributed by atoms with E-state index in [-0.39, 0.29) is 11.8 Å². The Morgan fingerprint density at radius 2 is 1.57 bits per heavy atom. The quantitative estimate of drug-likeness (QED) is 0.551. The van der Waals surface area contributed by atoms with E-state index in [9.17, 15) is 4.79 Å². The number of carbonyl (C=O) groups excluding carboxylic acids is 1. The number of amides is 1. The minimum Gasteiger partial charge on any atom is -0.369 e. The van der Waals surface area contributed by atoms with Crippen molar-refractivity contribution >= 4 is 5.91 Å². The lowest BCUT2D eigenvalue weighted by atomic mass is 9.97. The third kappa shape index (κ3) is 9.13. The molecule has 1 atom stereocenters. The van der Waals surface area contributed by atoms with Gasteiger partial charge in [0.2, 0.25) is 5.91 Å². The van der Waals surface area contributed by atoms with Gasteiger partial charge in [0.15, 0.2) is 0 Å². The van der Waals surface area contributed by atoms with Crippen LogP contribution in [0.15, 0.2) is 0 Å². The van der Waals surface area contributed by atoms with Crippen molar-refractivity contribution in [1.29, 1.82) is 0 Å². The van der Waals surface area contributed by atoms with Gasteiger partial charge in [-0.15, -0.1) is 0 Å². The van der Waals surface area contributed by atoms with Gasteiger partial charge in [-0.05, 0) is 32.4 Å². The predicted octanol–water partition coefficient (Wildman–Crippen LogP) is 4.10. The Morgan fingerprint density at radius 1 is 1.00 bits per heavy atom. The number of carbonyl (C=O) groups is 1. The first-order valence-electron chi connectivity index (χ1n) is 9.25. The Morgan fingerprint density at radius 3 is 2.14 bits per heavy atom. The molecule has 0 spiro atoms. The summed E-state index contributed by atoms with van der Waals surface area (Å²) in [4.78, 5) is 13.7. The van der Waals surface area contributed by atoms with Gasteiger partial charge in [-0.2, -0.15) is 0 Å². The highest BCUT2D eigenvalue weighted by molar-refractivity contribution is 5.76. The summed E-state index contributed by atoms with van der Waals surface area (Å²) in [6, 6.07) is 0. The molecule has 1 rings (SSSR count). The summed E-state index contributed by atoms with van der Waals surface area (Å²) in [6.07, 6.45) is 15.9. The molecule has 1 aliphatic rings. The average molecular weight is 296 g/mol. The van der Waals surface area contributed by atoms with Gasteiger partial charge in [-0.1, -0.05) is 64.7 Å². The smallest absolute Gasteiger partial charge is 0.221 e. The molecule has 124 valence electrons. The van der Waals surface area contributed by atoms with E-state index in [0.717, 1.165) is 32.5 Å². The van der Waals surface area contributed by atoms with Crippen molar-refractivity contribution in [3.8, 4) is 0 Å². The highest BCUT2D eigenvalue weighted by atomic mass is 16.1. The zero-order valence-corrected chi connectivity index (χ0v) is 14.1. The first-order chi connectivity index (χ1) is 10.2. The Hall–Kier alpha value is -0.570. The fraction of sp³-hybridized carbons (Fsp3) is 0.944. The SMILES string of the molecule is CCCCCCCCCCCCN1CCC[C@H](C(N)=O)C1. The number of rotatable bonds is 12. The zero-order valence-electron chi connectivity index (χ0n) is 14.1. The van der Waals surface area contributed by atoms with Gasteiger partial charge in [0.25, 0.3) is 0 Å². The van der Waals surface area contributed by atoms with Crippen LogP contribution in [0.1, 0.15) is 84.0 Å². The van der Waals surface area contributed by atoms with Crippen molar-refractivity contribution < 1.29 is 4.79 Å². The van der Waals surface area contributed by atoms with Crippen LogP contribution in [0.4, 0.5) is 0 Å². The summed E-state index contributed by atoms with van der Waals surface area (Å²) in [7, 11) is 0. The lowest BCUT2D eigenvalue weighted by molar-refractivity contribution is -0.123. The second kappa shape index (κ2) is 12.0. The summed E-state index contributed by atoms with van der Waals surface area (Å²) in [5.41, 5.74) is 5.42. The van der Waals surface area contributed by atoms with Gasteiger partial charge in [0.1, 0.15) is 0 Å². The second-order valence-electron chi connectivity index (χ2n) is 6.72. The van der Waals surface area contributed by atoms with Gasteiger partial charge in [-0.3, -0.25) is 4.79 Å². The molecule has 1 fully saturated rings. The Labute approximate surface area is 131 Å². The summed E-state index contributed by atoms with van der Waals surface area (Å²) >= 11 is 0. The lowest BCUT2D eigenvalue weighted by Crippen LogP contribution is -2.41. The Bertz CT molecular complexity index is 268. The zero-order chi connectivity index (χ0) is 15.3. The predicted molar refractivity (Wildman–Crippen MR) is 90.2 cm³/mol. The first kappa shape index (κ1) is 18.5. The Kier molecular flexibility index (Phi) is 10.6. The molecule has 3 nitrogen and oxygen atoms in total. The number of likely N-dealkylation sites (tertiary alicyclic amines) is 1. The summed E-state index contributed by atoms with van der Waals surface area (Å²) < 4.78 is 0. The van der Waals surface area contributed by atoms with Crippen LogP contribution in [-0.4, -0.2) is 30.4 Å². The van der Waals surface area contributed by atoms with E-state index in [2.05, 4.69) is 11.8 Å². The molecule has 21 heavy (non-hydrogen) atoms. The maximum Gasteiger partial charge on any atom is 0.221 e. The number of hydrogen-bond acceptors (Lipinski definition) is 2. The average Bonchev–Trinajstić information content (AvgIpc) is 2.49. The van der Waals surface area contributed by atoms with Crippen LogP contribution in [0.2, 0.25) is 0 Å². The van der Waals surface area contributed by atoms with Crippen LogP contribution < -0.4 is 5.73 Å². The van der Waals surface area contributed by atoms with Crippen molar-refractivity contribution in [2.24, 2.45) is 11.7 Å².